The molecule has 1 fully saturated rings. The highest BCUT2D eigenvalue weighted by atomic mass is 16.1. The molecule has 3 heteroatoms. The van der Waals surface area contributed by atoms with Crippen molar-refractivity contribution in [1.82, 2.24) is 0 Å². The van der Waals surface area contributed by atoms with Gasteiger partial charge in [-0.3, -0.25) is 9.59 Å². The predicted molar refractivity (Wildman–Crippen MR) is 54.6 cm³/mol. The van der Waals surface area contributed by atoms with Gasteiger partial charge in [-0.1, -0.05) is 26.2 Å². The fraction of sp³-hybridized carbons (Fsp3) is 0.818. The second-order valence-corrected chi connectivity index (χ2v) is 4.12. The van der Waals surface area contributed by atoms with Gasteiger partial charge in [0.25, 0.3) is 0 Å². The van der Waals surface area contributed by atoms with Gasteiger partial charge in [-0.05, 0) is 12.8 Å². The van der Waals surface area contributed by atoms with E-state index in [1.165, 1.54) is 0 Å². The largest absolute Gasteiger partial charge is 0.369 e. The summed E-state index contributed by atoms with van der Waals surface area (Å²) in [5.74, 6) is -0.305. The van der Waals surface area contributed by atoms with Crippen LogP contribution in [0.5, 0.6) is 0 Å². The van der Waals surface area contributed by atoms with Crippen LogP contribution in [0.15, 0.2) is 0 Å². The van der Waals surface area contributed by atoms with E-state index in [2.05, 4.69) is 6.92 Å². The highest BCUT2D eigenvalue weighted by Crippen LogP contribution is 2.32. The van der Waals surface area contributed by atoms with Crippen molar-refractivity contribution in [3.63, 3.8) is 0 Å². The fourth-order valence-corrected chi connectivity index (χ4v) is 2.23. The van der Waals surface area contributed by atoms with Gasteiger partial charge in [0.15, 0.2) is 0 Å². The molecule has 0 aromatic heterocycles. The van der Waals surface area contributed by atoms with Crippen molar-refractivity contribution in [3.8, 4) is 0 Å². The molecule has 0 heterocycles. The quantitative estimate of drug-likeness (QED) is 0.681. The minimum atomic E-state index is -0.294. The number of nitrogens with two attached hydrogens (primary N) is 1. The van der Waals surface area contributed by atoms with Crippen molar-refractivity contribution in [2.75, 3.05) is 0 Å². The van der Waals surface area contributed by atoms with Crippen LogP contribution in [-0.2, 0) is 9.59 Å². The second kappa shape index (κ2) is 5.13. The Labute approximate surface area is 85.0 Å². The van der Waals surface area contributed by atoms with Crippen LogP contribution >= 0.6 is 0 Å². The number of unbranched alkanes of at least 4 members (excludes halogenated alkanes) is 2. The number of rotatable bonds is 5. The van der Waals surface area contributed by atoms with Gasteiger partial charge in [0.05, 0.1) is 0 Å². The third-order valence-electron chi connectivity index (χ3n) is 3.09. The van der Waals surface area contributed by atoms with E-state index in [4.69, 9.17) is 5.73 Å². The zero-order valence-electron chi connectivity index (χ0n) is 8.79. The molecule has 2 atom stereocenters. The number of carbonyl (C=O) groups is 2. The molecule has 1 amide bonds. The van der Waals surface area contributed by atoms with Crippen LogP contribution in [0, 0.1) is 11.8 Å². The first kappa shape index (κ1) is 11.2. The minimum Gasteiger partial charge on any atom is -0.369 e. The van der Waals surface area contributed by atoms with Crippen molar-refractivity contribution < 1.29 is 9.59 Å². The van der Waals surface area contributed by atoms with Crippen molar-refractivity contribution in [2.24, 2.45) is 17.6 Å². The Morgan fingerprint density at radius 1 is 1.50 bits per heavy atom. The van der Waals surface area contributed by atoms with Crippen LogP contribution in [-0.4, -0.2) is 11.7 Å². The van der Waals surface area contributed by atoms with Crippen LogP contribution in [0.1, 0.15) is 45.4 Å². The van der Waals surface area contributed by atoms with Crippen molar-refractivity contribution in [2.45, 2.75) is 45.4 Å². The van der Waals surface area contributed by atoms with Crippen LogP contribution in [0.4, 0.5) is 0 Å². The molecule has 0 aliphatic heterocycles. The van der Waals surface area contributed by atoms with E-state index in [1.54, 1.807) is 0 Å². The average molecular weight is 197 g/mol. The molecule has 1 aliphatic carbocycles. The molecule has 2 unspecified atom stereocenters. The number of amides is 1. The van der Waals surface area contributed by atoms with E-state index in [-0.39, 0.29) is 23.5 Å². The Kier molecular flexibility index (Phi) is 4.11. The first-order valence-corrected chi connectivity index (χ1v) is 5.48. The zero-order chi connectivity index (χ0) is 10.6. The molecule has 0 spiro atoms. The maximum Gasteiger partial charge on any atom is 0.221 e. The first-order chi connectivity index (χ1) is 6.66. The van der Waals surface area contributed by atoms with Gasteiger partial charge in [-0.25, -0.2) is 0 Å². The molecule has 80 valence electrons. The molecule has 0 saturated heterocycles. The van der Waals surface area contributed by atoms with Crippen molar-refractivity contribution >= 4 is 11.7 Å². The van der Waals surface area contributed by atoms with Gasteiger partial charge < -0.3 is 5.73 Å². The van der Waals surface area contributed by atoms with E-state index < -0.39 is 0 Å². The summed E-state index contributed by atoms with van der Waals surface area (Å²) >= 11 is 0. The van der Waals surface area contributed by atoms with Crippen LogP contribution in [0.25, 0.3) is 0 Å². The Hall–Kier alpha value is -0.860. The average Bonchev–Trinajstić information content (AvgIpc) is 2.48. The molecular formula is C11H19NO2. The lowest BCUT2D eigenvalue weighted by molar-refractivity contribution is -0.127. The van der Waals surface area contributed by atoms with E-state index in [1.807, 2.05) is 0 Å². The normalized spacial score (nSPS) is 26.8. The molecule has 2 N–H and O–H groups in total. The molecule has 0 bridgehead atoms. The Bertz CT molecular complexity index is 225. The van der Waals surface area contributed by atoms with Crippen LogP contribution < -0.4 is 5.73 Å². The van der Waals surface area contributed by atoms with Gasteiger partial charge in [-0.15, -0.1) is 0 Å². The van der Waals surface area contributed by atoms with Crippen LogP contribution in [0.2, 0.25) is 0 Å². The molecule has 0 aromatic rings. The summed E-state index contributed by atoms with van der Waals surface area (Å²) < 4.78 is 0. The van der Waals surface area contributed by atoms with Gasteiger partial charge in [-0.2, -0.15) is 0 Å². The molecule has 0 aromatic carbocycles. The minimum absolute atomic E-state index is 0.0703. The number of Topliss-reactive ketones (excluding diaryl/α,β-unsaturated/α-hetero) is 1. The molecule has 3 nitrogen and oxygen atoms in total. The van der Waals surface area contributed by atoms with Crippen molar-refractivity contribution in [1.29, 1.82) is 0 Å². The second-order valence-electron chi connectivity index (χ2n) is 4.12. The van der Waals surface area contributed by atoms with Gasteiger partial charge in [0.2, 0.25) is 5.91 Å². The van der Waals surface area contributed by atoms with Gasteiger partial charge >= 0.3 is 0 Å². The summed E-state index contributed by atoms with van der Waals surface area (Å²) in [4.78, 5) is 22.5. The zero-order valence-corrected chi connectivity index (χ0v) is 8.79. The van der Waals surface area contributed by atoms with Crippen molar-refractivity contribution in [3.05, 3.63) is 0 Å². The molecular weight excluding hydrogens is 178 g/mol. The number of primary amides is 1. The fourth-order valence-electron chi connectivity index (χ4n) is 2.23. The first-order valence-electron chi connectivity index (χ1n) is 5.48. The SMILES string of the molecule is CCCCCC1C(=O)CCC1C(N)=O. The van der Waals surface area contributed by atoms with E-state index in [0.717, 1.165) is 25.7 Å². The van der Waals surface area contributed by atoms with Crippen LogP contribution in [0.3, 0.4) is 0 Å². The van der Waals surface area contributed by atoms with E-state index in [0.29, 0.717) is 12.8 Å². The maximum atomic E-state index is 11.5. The Balaban J connectivity index is 2.45. The number of carbonyl (C=O) groups excluding carboxylic acids is 2. The monoisotopic (exact) mass is 197 g/mol. The lowest BCUT2D eigenvalue weighted by Gasteiger charge is -2.14. The third kappa shape index (κ3) is 2.56. The summed E-state index contributed by atoms with van der Waals surface area (Å²) in [5, 5.41) is 0. The number of hydrogen-bond acceptors (Lipinski definition) is 2. The lowest BCUT2D eigenvalue weighted by Crippen LogP contribution is -2.28. The highest BCUT2D eigenvalue weighted by Gasteiger charge is 2.37. The third-order valence-corrected chi connectivity index (χ3v) is 3.09. The molecule has 1 aliphatic rings. The highest BCUT2D eigenvalue weighted by molar-refractivity contribution is 5.91. The van der Waals surface area contributed by atoms with E-state index in [9.17, 15) is 9.59 Å². The summed E-state index contributed by atoms with van der Waals surface area (Å²) in [6, 6.07) is 0. The summed E-state index contributed by atoms with van der Waals surface area (Å²) in [5.41, 5.74) is 5.26. The Morgan fingerprint density at radius 3 is 2.79 bits per heavy atom. The van der Waals surface area contributed by atoms with Gasteiger partial charge in [0, 0.05) is 18.3 Å². The predicted octanol–water partition coefficient (Wildman–Crippen LogP) is 1.65. The van der Waals surface area contributed by atoms with Gasteiger partial charge in [0.1, 0.15) is 5.78 Å². The standard InChI is InChI=1S/C11H19NO2/c1-2-3-4-5-8-9(11(12)14)6-7-10(8)13/h8-9H,2-7H2,1H3,(H2,12,14). The molecule has 1 saturated carbocycles. The number of hydrogen-bond donors (Lipinski definition) is 1. The number of ketones is 1. The smallest absolute Gasteiger partial charge is 0.221 e. The topological polar surface area (TPSA) is 60.2 Å². The summed E-state index contributed by atoms with van der Waals surface area (Å²) in [7, 11) is 0. The maximum absolute atomic E-state index is 11.5. The Morgan fingerprint density at radius 2 is 2.21 bits per heavy atom. The molecule has 1 rings (SSSR count). The van der Waals surface area contributed by atoms with E-state index >= 15 is 0 Å². The summed E-state index contributed by atoms with van der Waals surface area (Å²) in [6.07, 6.45) is 5.38. The molecule has 0 radical (unpaired) electrons. The lowest BCUT2D eigenvalue weighted by atomic mass is 9.90. The summed E-state index contributed by atoms with van der Waals surface area (Å²) in [6.45, 7) is 2.13. The molecule has 14 heavy (non-hydrogen) atoms.